The van der Waals surface area contributed by atoms with E-state index in [1.54, 1.807) is 25.3 Å². The first-order valence-corrected chi connectivity index (χ1v) is 6.61. The number of halogens is 2. The predicted octanol–water partition coefficient (Wildman–Crippen LogP) is 4.73. The lowest BCUT2D eigenvalue weighted by Gasteiger charge is -2.11. The Morgan fingerprint density at radius 1 is 1.21 bits per heavy atom. The lowest BCUT2D eigenvalue weighted by Crippen LogP contribution is -1.95. The van der Waals surface area contributed by atoms with Gasteiger partial charge in [-0.25, -0.2) is 0 Å². The minimum Gasteiger partial charge on any atom is -0.497 e. The maximum atomic E-state index is 9.11. The zero-order valence-corrected chi connectivity index (χ0v) is 12.4. The van der Waals surface area contributed by atoms with E-state index in [9.17, 15) is 0 Å². The molecule has 0 saturated heterocycles. The molecule has 0 radical (unpaired) electrons. The summed E-state index contributed by atoms with van der Waals surface area (Å²) in [6.07, 6.45) is 0. The molecule has 1 N–H and O–H groups in total. The van der Waals surface area contributed by atoms with Gasteiger partial charge in [0.1, 0.15) is 11.8 Å². The Bertz CT molecular complexity index is 652. The van der Waals surface area contributed by atoms with Gasteiger partial charge in [-0.2, -0.15) is 5.26 Å². The van der Waals surface area contributed by atoms with Crippen LogP contribution in [0.15, 0.2) is 40.9 Å². The summed E-state index contributed by atoms with van der Waals surface area (Å²) < 4.78 is 6.06. The van der Waals surface area contributed by atoms with Crippen molar-refractivity contribution in [3.63, 3.8) is 0 Å². The fourth-order valence-electron chi connectivity index (χ4n) is 1.59. The number of hydrogen-bond acceptors (Lipinski definition) is 3. The van der Waals surface area contributed by atoms with Gasteiger partial charge in [-0.1, -0.05) is 11.6 Å². The number of nitriles is 1. The zero-order chi connectivity index (χ0) is 13.8. The van der Waals surface area contributed by atoms with Crippen molar-refractivity contribution in [2.45, 2.75) is 0 Å². The normalized spacial score (nSPS) is 9.79. The van der Waals surface area contributed by atoms with Crippen LogP contribution >= 0.6 is 27.5 Å². The van der Waals surface area contributed by atoms with Crippen LogP contribution in [0.5, 0.6) is 5.75 Å². The van der Waals surface area contributed by atoms with Gasteiger partial charge < -0.3 is 10.1 Å². The van der Waals surface area contributed by atoms with Gasteiger partial charge in [-0.05, 0) is 46.3 Å². The van der Waals surface area contributed by atoms with Crippen molar-refractivity contribution in [2.24, 2.45) is 0 Å². The van der Waals surface area contributed by atoms with Crippen molar-refractivity contribution in [3.8, 4) is 11.8 Å². The summed E-state index contributed by atoms with van der Waals surface area (Å²) in [6, 6.07) is 12.8. The van der Waals surface area contributed by atoms with Gasteiger partial charge in [-0.15, -0.1) is 0 Å². The summed E-state index contributed by atoms with van der Waals surface area (Å²) in [7, 11) is 1.61. The number of ether oxygens (including phenoxy) is 1. The van der Waals surface area contributed by atoms with E-state index >= 15 is 0 Å². The van der Waals surface area contributed by atoms with Crippen LogP contribution in [0, 0.1) is 11.3 Å². The number of hydrogen-bond donors (Lipinski definition) is 1. The van der Waals surface area contributed by atoms with Crippen LogP contribution in [-0.4, -0.2) is 7.11 Å². The monoisotopic (exact) mass is 336 g/mol. The molecule has 96 valence electrons. The highest BCUT2D eigenvalue weighted by Crippen LogP contribution is 2.31. The van der Waals surface area contributed by atoms with E-state index in [2.05, 4.69) is 27.3 Å². The average Bonchev–Trinajstić information content (AvgIpc) is 2.43. The van der Waals surface area contributed by atoms with E-state index in [0.29, 0.717) is 16.3 Å². The largest absolute Gasteiger partial charge is 0.497 e. The van der Waals surface area contributed by atoms with Crippen molar-refractivity contribution in [2.75, 3.05) is 12.4 Å². The van der Waals surface area contributed by atoms with E-state index < -0.39 is 0 Å². The molecule has 3 nitrogen and oxygen atoms in total. The van der Waals surface area contributed by atoms with Crippen molar-refractivity contribution in [1.82, 2.24) is 0 Å². The Labute approximate surface area is 124 Å². The molecule has 0 amide bonds. The van der Waals surface area contributed by atoms with Crippen molar-refractivity contribution >= 4 is 38.9 Å². The number of nitrogens with one attached hydrogen (secondary N) is 1. The smallest absolute Gasteiger partial charge is 0.121 e. The van der Waals surface area contributed by atoms with Gasteiger partial charge >= 0.3 is 0 Å². The molecule has 0 fully saturated rings. The highest BCUT2D eigenvalue weighted by atomic mass is 79.9. The third-order valence-corrected chi connectivity index (χ3v) is 3.47. The van der Waals surface area contributed by atoms with Gasteiger partial charge in [-0.3, -0.25) is 0 Å². The third kappa shape index (κ3) is 3.19. The maximum absolute atomic E-state index is 9.11. The predicted molar refractivity (Wildman–Crippen MR) is 80.1 cm³/mol. The molecule has 0 aliphatic carbocycles. The summed E-state index contributed by atoms with van der Waals surface area (Å²) in [5.74, 6) is 0.734. The van der Waals surface area contributed by atoms with Gasteiger partial charge in [0.05, 0.1) is 24.0 Å². The SMILES string of the molecule is COc1ccc(Br)c(Nc2ccc(Cl)cc2C#N)c1. The van der Waals surface area contributed by atoms with Crippen LogP contribution < -0.4 is 10.1 Å². The van der Waals surface area contributed by atoms with Crippen molar-refractivity contribution in [3.05, 3.63) is 51.5 Å². The van der Waals surface area contributed by atoms with E-state index in [4.69, 9.17) is 21.6 Å². The third-order valence-electron chi connectivity index (χ3n) is 2.54. The molecule has 0 saturated carbocycles. The Balaban J connectivity index is 2.39. The summed E-state index contributed by atoms with van der Waals surface area (Å²) in [5, 5.41) is 12.8. The van der Waals surface area contributed by atoms with Crippen molar-refractivity contribution in [1.29, 1.82) is 5.26 Å². The summed E-state index contributed by atoms with van der Waals surface area (Å²) >= 11 is 9.32. The van der Waals surface area contributed by atoms with E-state index in [-0.39, 0.29) is 0 Å². The molecule has 2 aromatic carbocycles. The highest BCUT2D eigenvalue weighted by molar-refractivity contribution is 9.10. The Kier molecular flexibility index (Phi) is 4.31. The first kappa shape index (κ1) is 13.7. The lowest BCUT2D eigenvalue weighted by atomic mass is 10.2. The molecule has 2 aromatic rings. The van der Waals surface area contributed by atoms with E-state index in [0.717, 1.165) is 15.9 Å². The maximum Gasteiger partial charge on any atom is 0.121 e. The fraction of sp³-hybridized carbons (Fsp3) is 0.0714. The zero-order valence-electron chi connectivity index (χ0n) is 10.1. The molecular weight excluding hydrogens is 328 g/mol. The second kappa shape index (κ2) is 5.96. The van der Waals surface area contributed by atoms with Crippen LogP contribution in [0.25, 0.3) is 0 Å². The van der Waals surface area contributed by atoms with Crippen LogP contribution in [0.3, 0.4) is 0 Å². The molecule has 19 heavy (non-hydrogen) atoms. The number of methoxy groups -OCH3 is 1. The highest BCUT2D eigenvalue weighted by Gasteiger charge is 2.07. The second-order valence-electron chi connectivity index (χ2n) is 3.77. The summed E-state index contributed by atoms with van der Waals surface area (Å²) in [6.45, 7) is 0. The standard InChI is InChI=1S/C14H10BrClN2O/c1-19-11-3-4-12(15)14(7-11)18-13-5-2-10(16)6-9(13)8-17/h2-7,18H,1H3. The molecule has 0 unspecified atom stereocenters. The quantitative estimate of drug-likeness (QED) is 0.881. The first-order valence-electron chi connectivity index (χ1n) is 5.44. The number of benzene rings is 2. The molecular formula is C14H10BrClN2O. The van der Waals surface area contributed by atoms with Gasteiger partial charge in [0, 0.05) is 15.6 Å². The Morgan fingerprint density at radius 2 is 2.00 bits per heavy atom. The van der Waals surface area contributed by atoms with Crippen LogP contribution in [0.1, 0.15) is 5.56 Å². The summed E-state index contributed by atoms with van der Waals surface area (Å²) in [5.41, 5.74) is 2.00. The van der Waals surface area contributed by atoms with Gasteiger partial charge in [0.25, 0.3) is 0 Å². The molecule has 0 atom stereocenters. The van der Waals surface area contributed by atoms with Crippen LogP contribution in [0.4, 0.5) is 11.4 Å². The van der Waals surface area contributed by atoms with Gasteiger partial charge in [0.15, 0.2) is 0 Å². The number of anilines is 2. The molecule has 5 heteroatoms. The van der Waals surface area contributed by atoms with Crippen molar-refractivity contribution < 1.29 is 4.74 Å². The summed E-state index contributed by atoms with van der Waals surface area (Å²) in [4.78, 5) is 0. The van der Waals surface area contributed by atoms with Gasteiger partial charge in [0.2, 0.25) is 0 Å². The second-order valence-corrected chi connectivity index (χ2v) is 5.06. The molecule has 0 aliphatic rings. The van der Waals surface area contributed by atoms with E-state index in [1.165, 1.54) is 0 Å². The molecule has 0 spiro atoms. The molecule has 0 bridgehead atoms. The average molecular weight is 338 g/mol. The molecule has 0 aliphatic heterocycles. The van der Waals surface area contributed by atoms with Crippen LogP contribution in [-0.2, 0) is 0 Å². The first-order chi connectivity index (χ1) is 9.13. The lowest BCUT2D eigenvalue weighted by molar-refractivity contribution is 0.415. The number of nitrogens with zero attached hydrogens (tertiary/aromatic N) is 1. The molecule has 2 rings (SSSR count). The minimum absolute atomic E-state index is 0.488. The minimum atomic E-state index is 0.488. The van der Waals surface area contributed by atoms with Crippen LogP contribution in [0.2, 0.25) is 5.02 Å². The Morgan fingerprint density at radius 3 is 2.68 bits per heavy atom. The fourth-order valence-corrected chi connectivity index (χ4v) is 2.11. The topological polar surface area (TPSA) is 45.0 Å². The molecule has 0 heterocycles. The molecule has 0 aromatic heterocycles. The van der Waals surface area contributed by atoms with E-state index in [1.807, 2.05) is 18.2 Å². The Hall–Kier alpha value is -1.70. The number of rotatable bonds is 3.